The van der Waals surface area contributed by atoms with Crippen LogP contribution in [0.2, 0.25) is 0 Å². The van der Waals surface area contributed by atoms with Crippen molar-refractivity contribution in [2.75, 3.05) is 12.3 Å². The Labute approximate surface area is 142 Å². The summed E-state index contributed by atoms with van der Waals surface area (Å²) in [5.41, 5.74) is 1.05. The van der Waals surface area contributed by atoms with Gasteiger partial charge in [-0.3, -0.25) is 4.79 Å². The highest BCUT2D eigenvalue weighted by molar-refractivity contribution is 7.99. The number of thioether (sulfide) groups is 1. The third-order valence-electron chi connectivity index (χ3n) is 3.88. The molecule has 0 aliphatic carbocycles. The van der Waals surface area contributed by atoms with Gasteiger partial charge >= 0.3 is 6.03 Å². The number of nitrogens with one attached hydrogen (secondary N) is 3. The first-order chi connectivity index (χ1) is 11.1. The van der Waals surface area contributed by atoms with Gasteiger partial charge in [-0.05, 0) is 49.6 Å². The predicted molar refractivity (Wildman–Crippen MR) is 93.6 cm³/mol. The molecule has 5 nitrogen and oxygen atoms in total. The van der Waals surface area contributed by atoms with Crippen LogP contribution in [0.25, 0.3) is 0 Å². The van der Waals surface area contributed by atoms with Crippen molar-refractivity contribution >= 4 is 23.7 Å². The second-order valence-corrected chi connectivity index (χ2v) is 7.02. The predicted octanol–water partition coefficient (Wildman–Crippen LogP) is 2.83. The van der Waals surface area contributed by atoms with E-state index in [2.05, 4.69) is 35.0 Å². The molecule has 0 saturated carbocycles. The fraction of sp³-hybridized carbons (Fsp3) is 0.529. The first-order valence-corrected chi connectivity index (χ1v) is 9.16. The zero-order valence-electron chi connectivity index (χ0n) is 13.7. The Morgan fingerprint density at radius 2 is 2.09 bits per heavy atom. The average molecular weight is 335 g/mol. The van der Waals surface area contributed by atoms with Crippen LogP contribution >= 0.6 is 11.8 Å². The fourth-order valence-corrected chi connectivity index (χ4v) is 3.24. The summed E-state index contributed by atoms with van der Waals surface area (Å²) < 4.78 is 0. The highest BCUT2D eigenvalue weighted by atomic mass is 32.2. The van der Waals surface area contributed by atoms with E-state index < -0.39 is 6.04 Å². The van der Waals surface area contributed by atoms with Crippen LogP contribution in [-0.2, 0) is 4.79 Å². The third kappa shape index (κ3) is 5.46. The lowest BCUT2D eigenvalue weighted by Crippen LogP contribution is -2.49. The van der Waals surface area contributed by atoms with E-state index in [1.807, 2.05) is 19.1 Å². The van der Waals surface area contributed by atoms with E-state index in [1.54, 1.807) is 11.8 Å². The van der Waals surface area contributed by atoms with Crippen molar-refractivity contribution in [1.29, 1.82) is 0 Å². The lowest BCUT2D eigenvalue weighted by molar-refractivity contribution is -0.122. The van der Waals surface area contributed by atoms with E-state index in [-0.39, 0.29) is 18.0 Å². The van der Waals surface area contributed by atoms with Gasteiger partial charge in [0.25, 0.3) is 0 Å². The summed E-state index contributed by atoms with van der Waals surface area (Å²) in [5.74, 6) is 0.949. The Morgan fingerprint density at radius 1 is 1.35 bits per heavy atom. The minimum atomic E-state index is -0.437. The number of carbonyl (C=O) groups is 2. The first kappa shape index (κ1) is 17.7. The van der Waals surface area contributed by atoms with Gasteiger partial charge in [0.1, 0.15) is 6.04 Å². The molecule has 1 aromatic carbocycles. The summed E-state index contributed by atoms with van der Waals surface area (Å²) in [7, 11) is 0. The molecule has 0 aromatic heterocycles. The number of amides is 3. The van der Waals surface area contributed by atoms with Crippen molar-refractivity contribution in [3.05, 3.63) is 29.8 Å². The molecule has 3 amide bonds. The van der Waals surface area contributed by atoms with Crippen molar-refractivity contribution in [3.63, 3.8) is 0 Å². The zero-order valence-corrected chi connectivity index (χ0v) is 14.5. The van der Waals surface area contributed by atoms with Gasteiger partial charge in [-0.1, -0.05) is 19.1 Å². The SMILES string of the molecule is CCSc1ccc([C@@H](C)NC(=O)N[C@H]2CCCCNC2=O)cc1. The van der Waals surface area contributed by atoms with E-state index in [0.29, 0.717) is 13.0 Å². The van der Waals surface area contributed by atoms with Crippen molar-refractivity contribution < 1.29 is 9.59 Å². The van der Waals surface area contributed by atoms with E-state index >= 15 is 0 Å². The molecule has 0 bridgehead atoms. The smallest absolute Gasteiger partial charge is 0.315 e. The monoisotopic (exact) mass is 335 g/mol. The lowest BCUT2D eigenvalue weighted by atomic mass is 10.1. The molecule has 23 heavy (non-hydrogen) atoms. The molecule has 1 aromatic rings. The quantitative estimate of drug-likeness (QED) is 0.725. The van der Waals surface area contributed by atoms with E-state index in [9.17, 15) is 9.59 Å². The van der Waals surface area contributed by atoms with Crippen LogP contribution in [0.15, 0.2) is 29.2 Å². The molecule has 1 saturated heterocycles. The van der Waals surface area contributed by atoms with Gasteiger partial charge in [0.15, 0.2) is 0 Å². The molecule has 6 heteroatoms. The summed E-state index contributed by atoms with van der Waals surface area (Å²) in [6.45, 7) is 4.75. The number of carbonyl (C=O) groups excluding carboxylic acids is 2. The second kappa shape index (κ2) is 8.82. The molecule has 1 fully saturated rings. The normalized spacial score (nSPS) is 19.4. The molecule has 3 N–H and O–H groups in total. The summed E-state index contributed by atoms with van der Waals surface area (Å²) >= 11 is 1.79. The molecule has 0 radical (unpaired) electrons. The van der Waals surface area contributed by atoms with E-state index in [1.165, 1.54) is 4.90 Å². The van der Waals surface area contributed by atoms with Gasteiger partial charge in [-0.25, -0.2) is 4.79 Å². The Morgan fingerprint density at radius 3 is 2.78 bits per heavy atom. The molecule has 1 heterocycles. The maximum Gasteiger partial charge on any atom is 0.315 e. The van der Waals surface area contributed by atoms with Gasteiger partial charge < -0.3 is 16.0 Å². The van der Waals surface area contributed by atoms with Crippen LogP contribution < -0.4 is 16.0 Å². The van der Waals surface area contributed by atoms with E-state index in [0.717, 1.165) is 24.2 Å². The molecule has 0 unspecified atom stereocenters. The maximum absolute atomic E-state index is 12.1. The van der Waals surface area contributed by atoms with Crippen molar-refractivity contribution in [2.45, 2.75) is 50.1 Å². The number of rotatable bonds is 5. The van der Waals surface area contributed by atoms with Crippen LogP contribution in [0, 0.1) is 0 Å². The summed E-state index contributed by atoms with van der Waals surface area (Å²) in [6.07, 6.45) is 2.59. The van der Waals surface area contributed by atoms with Crippen LogP contribution in [0.5, 0.6) is 0 Å². The molecule has 1 aliphatic rings. The topological polar surface area (TPSA) is 70.2 Å². The Balaban J connectivity index is 1.87. The zero-order chi connectivity index (χ0) is 16.7. The molecule has 2 atom stereocenters. The first-order valence-electron chi connectivity index (χ1n) is 8.17. The molecular formula is C17H25N3O2S. The van der Waals surface area contributed by atoms with E-state index in [4.69, 9.17) is 0 Å². The number of hydrogen-bond acceptors (Lipinski definition) is 3. The second-order valence-electron chi connectivity index (χ2n) is 5.68. The minimum Gasteiger partial charge on any atom is -0.354 e. The summed E-state index contributed by atoms with van der Waals surface area (Å²) in [5, 5.41) is 8.49. The standard InChI is InChI=1S/C17H25N3O2S/c1-3-23-14-9-7-13(8-10-14)12(2)19-17(22)20-15-6-4-5-11-18-16(15)21/h7-10,12,15H,3-6,11H2,1-2H3,(H,18,21)(H2,19,20,22)/t12-,15+/m1/s1. The summed E-state index contributed by atoms with van der Waals surface area (Å²) in [6, 6.07) is 7.35. The largest absolute Gasteiger partial charge is 0.354 e. The Hall–Kier alpha value is -1.69. The highest BCUT2D eigenvalue weighted by Crippen LogP contribution is 2.20. The molecule has 0 spiro atoms. The Bertz CT molecular complexity index is 533. The molecule has 126 valence electrons. The van der Waals surface area contributed by atoms with Gasteiger partial charge in [-0.15, -0.1) is 11.8 Å². The minimum absolute atomic E-state index is 0.0914. The van der Waals surface area contributed by atoms with Crippen LogP contribution in [0.4, 0.5) is 4.79 Å². The Kier molecular flexibility index (Phi) is 6.77. The van der Waals surface area contributed by atoms with Gasteiger partial charge in [-0.2, -0.15) is 0 Å². The molecule has 2 rings (SSSR count). The van der Waals surface area contributed by atoms with Gasteiger partial charge in [0.05, 0.1) is 6.04 Å². The maximum atomic E-state index is 12.1. The molecular weight excluding hydrogens is 310 g/mol. The van der Waals surface area contributed by atoms with Crippen molar-refractivity contribution in [3.8, 4) is 0 Å². The summed E-state index contributed by atoms with van der Waals surface area (Å²) in [4.78, 5) is 25.2. The van der Waals surface area contributed by atoms with Crippen LogP contribution in [0.3, 0.4) is 0 Å². The van der Waals surface area contributed by atoms with Crippen LogP contribution in [0.1, 0.15) is 44.7 Å². The lowest BCUT2D eigenvalue weighted by Gasteiger charge is -2.19. The van der Waals surface area contributed by atoms with Gasteiger partial charge in [0, 0.05) is 11.4 Å². The van der Waals surface area contributed by atoms with Gasteiger partial charge in [0.2, 0.25) is 5.91 Å². The van der Waals surface area contributed by atoms with Crippen molar-refractivity contribution in [1.82, 2.24) is 16.0 Å². The fourth-order valence-electron chi connectivity index (χ4n) is 2.58. The molecule has 1 aliphatic heterocycles. The average Bonchev–Trinajstić information content (AvgIpc) is 2.73. The number of benzene rings is 1. The number of hydrogen-bond donors (Lipinski definition) is 3. The van der Waals surface area contributed by atoms with Crippen LogP contribution in [-0.4, -0.2) is 30.3 Å². The van der Waals surface area contributed by atoms with Crippen molar-refractivity contribution in [2.24, 2.45) is 0 Å². The number of urea groups is 1. The highest BCUT2D eigenvalue weighted by Gasteiger charge is 2.22. The third-order valence-corrected chi connectivity index (χ3v) is 4.77.